The smallest absolute Gasteiger partial charge is 0.408 e. The lowest BCUT2D eigenvalue weighted by atomic mass is 9.84. The van der Waals surface area contributed by atoms with Crippen LogP contribution in [-0.4, -0.2) is 76.6 Å². The summed E-state index contributed by atoms with van der Waals surface area (Å²) >= 11 is 0. The van der Waals surface area contributed by atoms with E-state index in [9.17, 15) is 33.9 Å². The topological polar surface area (TPSA) is 192 Å². The van der Waals surface area contributed by atoms with E-state index in [0.717, 1.165) is 43.2 Å². The molecule has 0 aliphatic heterocycles. The van der Waals surface area contributed by atoms with E-state index in [2.05, 4.69) is 26.6 Å². The lowest BCUT2D eigenvalue weighted by Crippen LogP contribution is -2.59. The molecule has 0 bridgehead atoms. The third kappa shape index (κ3) is 17.4. The molecule has 0 radical (unpaired) electrons. The molecule has 5 amide bonds. The van der Waals surface area contributed by atoms with Crippen molar-refractivity contribution in [2.45, 2.75) is 148 Å². The minimum absolute atomic E-state index is 0.0322. The molecular weight excluding hydrogens is 727 g/mol. The van der Waals surface area contributed by atoms with Crippen molar-refractivity contribution in [3.8, 4) is 0 Å². The molecule has 1 aliphatic rings. The number of carbonyl (C=O) groups is 6. The standard InChI is InChI=1S/C44H65N5O8/c1-28(2)23-33(46-41(53)36(26-31-19-13-9-14-20-31)49-43(56)57-44(5,6)7)38(50)47-35(25-30-17-11-8-12-18-30)40(52)45-34(24-29(3)4)39(51)48-37(42(54)55)27-32-21-15-10-16-22-32/h8,10-12,15-18,21-22,28-29,31,33-37H,9,13-14,19-20,23-27H2,1-7H3,(H,45,52)(H,46,53)(H,47,50)(H,48,51)(H,49,56)(H,54,55)/t33-,34-,35+,36+,37+/m1/s1. The molecule has 13 nitrogen and oxygen atoms in total. The van der Waals surface area contributed by atoms with Crippen LogP contribution in [0.1, 0.15) is 111 Å². The maximum absolute atomic E-state index is 14.2. The summed E-state index contributed by atoms with van der Waals surface area (Å²) in [5, 5.41) is 23.8. The summed E-state index contributed by atoms with van der Waals surface area (Å²) in [5.74, 6) is -3.49. The Morgan fingerprint density at radius 3 is 1.44 bits per heavy atom. The van der Waals surface area contributed by atoms with Crippen LogP contribution in [0.2, 0.25) is 0 Å². The molecule has 0 aromatic heterocycles. The Balaban J connectivity index is 1.85. The fraction of sp³-hybridized carbons (Fsp3) is 0.591. The van der Waals surface area contributed by atoms with Gasteiger partial charge >= 0.3 is 12.1 Å². The largest absolute Gasteiger partial charge is 0.480 e. The average molecular weight is 792 g/mol. The Morgan fingerprint density at radius 2 is 1.00 bits per heavy atom. The minimum Gasteiger partial charge on any atom is -0.480 e. The van der Waals surface area contributed by atoms with Crippen molar-refractivity contribution in [3.05, 3.63) is 71.8 Å². The number of alkyl carbamates (subject to hydrolysis) is 1. The van der Waals surface area contributed by atoms with Gasteiger partial charge in [-0.15, -0.1) is 0 Å². The van der Waals surface area contributed by atoms with Gasteiger partial charge in [0.05, 0.1) is 0 Å². The zero-order valence-electron chi connectivity index (χ0n) is 34.8. The summed E-state index contributed by atoms with van der Waals surface area (Å²) in [4.78, 5) is 81.1. The van der Waals surface area contributed by atoms with Crippen molar-refractivity contribution in [2.75, 3.05) is 0 Å². The highest BCUT2D eigenvalue weighted by atomic mass is 16.6. The first-order chi connectivity index (χ1) is 26.9. The van der Waals surface area contributed by atoms with Crippen molar-refractivity contribution in [3.63, 3.8) is 0 Å². The molecule has 314 valence electrons. The first-order valence-electron chi connectivity index (χ1n) is 20.4. The third-order valence-corrected chi connectivity index (χ3v) is 9.79. The molecule has 3 rings (SSSR count). The van der Waals surface area contributed by atoms with Crippen LogP contribution in [-0.2, 0) is 41.6 Å². The molecule has 6 N–H and O–H groups in total. The van der Waals surface area contributed by atoms with Gasteiger partial charge in [-0.2, -0.15) is 0 Å². The fourth-order valence-electron chi connectivity index (χ4n) is 7.04. The molecule has 2 aromatic rings. The van der Waals surface area contributed by atoms with Crippen LogP contribution in [0.5, 0.6) is 0 Å². The molecule has 1 aliphatic carbocycles. The van der Waals surface area contributed by atoms with E-state index in [-0.39, 0.29) is 43.4 Å². The molecule has 2 aromatic carbocycles. The van der Waals surface area contributed by atoms with Gasteiger partial charge in [0.2, 0.25) is 23.6 Å². The molecule has 1 saturated carbocycles. The van der Waals surface area contributed by atoms with Crippen LogP contribution in [0.3, 0.4) is 0 Å². The van der Waals surface area contributed by atoms with Crippen LogP contribution < -0.4 is 26.6 Å². The summed E-state index contributed by atoms with van der Waals surface area (Å²) in [6, 6.07) is 12.5. The number of rotatable bonds is 20. The molecule has 5 atom stereocenters. The first-order valence-corrected chi connectivity index (χ1v) is 20.4. The van der Waals surface area contributed by atoms with Crippen LogP contribution in [0, 0.1) is 17.8 Å². The molecule has 0 heterocycles. The van der Waals surface area contributed by atoms with Gasteiger partial charge in [-0.1, -0.05) is 120 Å². The quantitative estimate of drug-likeness (QED) is 0.102. The van der Waals surface area contributed by atoms with Crippen LogP contribution in [0.4, 0.5) is 4.79 Å². The normalized spacial score (nSPS) is 16.0. The second kappa shape index (κ2) is 22.7. The Hall–Kier alpha value is -4.94. The predicted octanol–water partition coefficient (Wildman–Crippen LogP) is 5.45. The Kier molecular flexibility index (Phi) is 18.5. The molecule has 0 saturated heterocycles. The summed E-state index contributed by atoms with van der Waals surface area (Å²) in [6.07, 6.45) is 5.34. The van der Waals surface area contributed by atoms with Gasteiger partial charge in [0.25, 0.3) is 0 Å². The summed E-state index contributed by atoms with van der Waals surface area (Å²) < 4.78 is 5.48. The molecule has 0 spiro atoms. The van der Waals surface area contributed by atoms with Crippen LogP contribution >= 0.6 is 0 Å². The van der Waals surface area contributed by atoms with E-state index >= 15 is 0 Å². The number of hydrogen-bond acceptors (Lipinski definition) is 7. The fourth-order valence-corrected chi connectivity index (χ4v) is 7.04. The highest BCUT2D eigenvalue weighted by Crippen LogP contribution is 2.28. The van der Waals surface area contributed by atoms with Gasteiger partial charge in [0.15, 0.2) is 0 Å². The van der Waals surface area contributed by atoms with Gasteiger partial charge < -0.3 is 36.4 Å². The maximum Gasteiger partial charge on any atom is 0.408 e. The number of carbonyl (C=O) groups excluding carboxylic acids is 5. The zero-order chi connectivity index (χ0) is 42.1. The monoisotopic (exact) mass is 791 g/mol. The van der Waals surface area contributed by atoms with Crippen molar-refractivity contribution in [2.24, 2.45) is 17.8 Å². The second-order valence-corrected chi connectivity index (χ2v) is 17.2. The molecule has 0 unspecified atom stereocenters. The zero-order valence-corrected chi connectivity index (χ0v) is 34.8. The first kappa shape index (κ1) is 46.4. The predicted molar refractivity (Wildman–Crippen MR) is 219 cm³/mol. The molecule has 57 heavy (non-hydrogen) atoms. The van der Waals surface area contributed by atoms with Crippen LogP contribution in [0.25, 0.3) is 0 Å². The highest BCUT2D eigenvalue weighted by Gasteiger charge is 2.34. The number of amides is 5. The Labute approximate surface area is 338 Å². The van der Waals surface area contributed by atoms with Crippen molar-refractivity contribution >= 4 is 35.7 Å². The number of hydrogen-bond donors (Lipinski definition) is 6. The summed E-state index contributed by atoms with van der Waals surface area (Å²) in [5.41, 5.74) is 0.693. The van der Waals surface area contributed by atoms with Gasteiger partial charge in [-0.3, -0.25) is 19.2 Å². The van der Waals surface area contributed by atoms with E-state index in [1.807, 2.05) is 64.1 Å². The highest BCUT2D eigenvalue weighted by molar-refractivity contribution is 5.96. The van der Waals surface area contributed by atoms with Gasteiger partial charge in [0.1, 0.15) is 35.8 Å². The minimum atomic E-state index is -1.24. The third-order valence-electron chi connectivity index (χ3n) is 9.79. The van der Waals surface area contributed by atoms with E-state index < -0.39 is 71.5 Å². The SMILES string of the molecule is CC(C)C[C@@H](NC(=O)[C@H](Cc1ccccc1)NC(=O)[C@@H](CC(C)C)NC(=O)[C@H](CC1CCCCC1)NC(=O)OC(C)(C)C)C(=O)N[C@@H](Cc1ccccc1)C(=O)O. The molecule has 1 fully saturated rings. The van der Waals surface area contributed by atoms with Gasteiger partial charge in [-0.25, -0.2) is 9.59 Å². The summed E-state index contributed by atoms with van der Waals surface area (Å²) in [7, 11) is 0. The Bertz CT molecular complexity index is 1610. The van der Waals surface area contributed by atoms with E-state index in [0.29, 0.717) is 6.42 Å². The van der Waals surface area contributed by atoms with E-state index in [4.69, 9.17) is 4.74 Å². The molecule has 13 heteroatoms. The van der Waals surface area contributed by atoms with E-state index in [1.54, 1.807) is 45.0 Å². The summed E-state index contributed by atoms with van der Waals surface area (Å²) in [6.45, 7) is 12.8. The van der Waals surface area contributed by atoms with Crippen molar-refractivity contribution < 1.29 is 38.6 Å². The van der Waals surface area contributed by atoms with Crippen molar-refractivity contribution in [1.82, 2.24) is 26.6 Å². The van der Waals surface area contributed by atoms with Gasteiger partial charge in [0, 0.05) is 12.8 Å². The lowest BCUT2D eigenvalue weighted by Gasteiger charge is -2.30. The second-order valence-electron chi connectivity index (χ2n) is 17.2. The lowest BCUT2D eigenvalue weighted by molar-refractivity contribution is -0.142. The van der Waals surface area contributed by atoms with Crippen LogP contribution in [0.15, 0.2) is 60.7 Å². The number of aliphatic carboxylic acids is 1. The van der Waals surface area contributed by atoms with Crippen molar-refractivity contribution in [1.29, 1.82) is 0 Å². The number of nitrogens with one attached hydrogen (secondary N) is 5. The maximum atomic E-state index is 14.2. The number of ether oxygens (including phenoxy) is 1. The number of benzene rings is 2. The molecular formula is C44H65N5O8. The van der Waals surface area contributed by atoms with E-state index in [1.165, 1.54) is 0 Å². The average Bonchev–Trinajstić information content (AvgIpc) is 3.13. The number of carboxylic acids is 1. The Morgan fingerprint density at radius 1 is 0.596 bits per heavy atom. The van der Waals surface area contributed by atoms with Gasteiger partial charge in [-0.05, 0) is 68.9 Å². The number of carboxylic acid groups (broad SMARTS) is 1.